The zero-order valence-corrected chi connectivity index (χ0v) is 9.25. The quantitative estimate of drug-likeness (QED) is 0.690. The van der Waals surface area contributed by atoms with Gasteiger partial charge in [0.2, 0.25) is 0 Å². The molecule has 2 nitrogen and oxygen atoms in total. The number of nitriles is 1. The van der Waals surface area contributed by atoms with Crippen molar-refractivity contribution in [1.29, 1.82) is 5.26 Å². The Morgan fingerprint density at radius 3 is 2.15 bits per heavy atom. The molecule has 0 radical (unpaired) electrons. The van der Waals surface area contributed by atoms with Crippen molar-refractivity contribution < 1.29 is 0 Å². The van der Waals surface area contributed by atoms with Crippen LogP contribution in [0.1, 0.15) is 36.1 Å². The van der Waals surface area contributed by atoms with Crippen LogP contribution in [0.5, 0.6) is 0 Å². The minimum Gasteiger partial charge on any atom is -0.397 e. The molecule has 13 heavy (non-hydrogen) atoms. The summed E-state index contributed by atoms with van der Waals surface area (Å²) in [5.41, 5.74) is 7.59. The molecule has 0 aliphatic carbocycles. The molecule has 0 bridgehead atoms. The van der Waals surface area contributed by atoms with E-state index < -0.39 is 0 Å². The number of nitrogens with two attached hydrogens (primary N) is 1. The molecule has 0 amide bonds. The van der Waals surface area contributed by atoms with Crippen LogP contribution in [-0.2, 0) is 5.41 Å². The second-order valence-corrected chi connectivity index (χ2v) is 5.18. The molecule has 1 aromatic rings. The van der Waals surface area contributed by atoms with Crippen LogP contribution in [0, 0.1) is 18.3 Å². The Kier molecular flexibility index (Phi) is 2.36. The topological polar surface area (TPSA) is 49.8 Å². The summed E-state index contributed by atoms with van der Waals surface area (Å²) in [6.07, 6.45) is 0. The van der Waals surface area contributed by atoms with Gasteiger partial charge < -0.3 is 5.73 Å². The zero-order valence-electron chi connectivity index (χ0n) is 8.43. The van der Waals surface area contributed by atoms with Crippen molar-refractivity contribution in [2.75, 3.05) is 5.73 Å². The maximum atomic E-state index is 8.80. The molecule has 70 valence electrons. The van der Waals surface area contributed by atoms with Crippen molar-refractivity contribution in [3.8, 4) is 6.07 Å². The largest absolute Gasteiger partial charge is 0.397 e. The second-order valence-electron chi connectivity index (χ2n) is 4.16. The molecule has 3 heteroatoms. The van der Waals surface area contributed by atoms with Crippen molar-refractivity contribution in [2.24, 2.45) is 0 Å². The van der Waals surface area contributed by atoms with Gasteiger partial charge in [-0.25, -0.2) is 0 Å². The summed E-state index contributed by atoms with van der Waals surface area (Å²) in [7, 11) is 0. The van der Waals surface area contributed by atoms with Crippen LogP contribution in [-0.4, -0.2) is 0 Å². The Labute approximate surface area is 83.0 Å². The van der Waals surface area contributed by atoms with E-state index in [1.165, 1.54) is 16.2 Å². The van der Waals surface area contributed by atoms with Crippen LogP contribution in [0.25, 0.3) is 0 Å². The van der Waals surface area contributed by atoms with Crippen LogP contribution < -0.4 is 5.73 Å². The number of anilines is 1. The highest BCUT2D eigenvalue weighted by Crippen LogP contribution is 2.37. The Balaban J connectivity index is 3.36. The summed E-state index contributed by atoms with van der Waals surface area (Å²) >= 11 is 1.51. The van der Waals surface area contributed by atoms with Crippen LogP contribution >= 0.6 is 11.3 Å². The normalized spacial score (nSPS) is 11.3. The van der Waals surface area contributed by atoms with Gasteiger partial charge in [0.05, 0.1) is 5.69 Å². The smallest absolute Gasteiger partial charge is 0.128 e. The molecule has 0 aromatic carbocycles. The molecule has 0 aliphatic rings. The van der Waals surface area contributed by atoms with Gasteiger partial charge in [-0.3, -0.25) is 0 Å². The molecular weight excluding hydrogens is 180 g/mol. The number of rotatable bonds is 0. The number of nitrogens with zero attached hydrogens (tertiary/aromatic N) is 1. The third kappa shape index (κ3) is 1.68. The van der Waals surface area contributed by atoms with Gasteiger partial charge in [-0.2, -0.15) is 5.26 Å². The lowest BCUT2D eigenvalue weighted by molar-refractivity contribution is 0.600. The van der Waals surface area contributed by atoms with Gasteiger partial charge in [0.25, 0.3) is 0 Å². The number of hydrogen-bond acceptors (Lipinski definition) is 3. The summed E-state index contributed by atoms with van der Waals surface area (Å²) in [5.74, 6) is 0. The molecule has 1 aromatic heterocycles. The van der Waals surface area contributed by atoms with E-state index in [1.807, 2.05) is 6.92 Å². The third-order valence-corrected chi connectivity index (χ3v) is 3.61. The summed E-state index contributed by atoms with van der Waals surface area (Å²) in [6, 6.07) is 2.12. The molecular formula is C10H14N2S. The first-order valence-electron chi connectivity index (χ1n) is 4.17. The minimum absolute atomic E-state index is 0.0813. The summed E-state index contributed by atoms with van der Waals surface area (Å²) < 4.78 is 0. The van der Waals surface area contributed by atoms with E-state index in [0.29, 0.717) is 10.6 Å². The Morgan fingerprint density at radius 1 is 1.38 bits per heavy atom. The molecule has 0 saturated carbocycles. The van der Waals surface area contributed by atoms with Gasteiger partial charge in [0.1, 0.15) is 10.9 Å². The SMILES string of the molecule is Cc1c(C(C)(C)C)sc(C#N)c1N. The minimum atomic E-state index is 0.0813. The maximum absolute atomic E-state index is 8.80. The predicted octanol–water partition coefficient (Wildman–Crippen LogP) is 2.81. The maximum Gasteiger partial charge on any atom is 0.128 e. The summed E-state index contributed by atoms with van der Waals surface area (Å²) in [6.45, 7) is 8.37. The summed E-state index contributed by atoms with van der Waals surface area (Å²) in [4.78, 5) is 1.85. The lowest BCUT2D eigenvalue weighted by Crippen LogP contribution is -2.10. The van der Waals surface area contributed by atoms with Crippen LogP contribution in [0.2, 0.25) is 0 Å². The first-order valence-corrected chi connectivity index (χ1v) is 4.99. The van der Waals surface area contributed by atoms with E-state index in [2.05, 4.69) is 26.8 Å². The standard InChI is InChI=1S/C10H14N2S/c1-6-8(12)7(5-11)13-9(6)10(2,3)4/h12H2,1-4H3. The van der Waals surface area contributed by atoms with Crippen molar-refractivity contribution in [3.05, 3.63) is 15.3 Å². The number of hydrogen-bond donors (Lipinski definition) is 1. The Hall–Kier alpha value is -1.01. The van der Waals surface area contributed by atoms with E-state index in [-0.39, 0.29) is 5.41 Å². The number of nitrogen functional groups attached to an aromatic ring is 1. The molecule has 0 aliphatic heterocycles. The van der Waals surface area contributed by atoms with Crippen LogP contribution in [0.3, 0.4) is 0 Å². The molecule has 1 heterocycles. The van der Waals surface area contributed by atoms with E-state index in [4.69, 9.17) is 11.0 Å². The highest BCUT2D eigenvalue weighted by Gasteiger charge is 2.22. The zero-order chi connectivity index (χ0) is 10.2. The van der Waals surface area contributed by atoms with Crippen LogP contribution in [0.15, 0.2) is 0 Å². The Bertz CT molecular complexity index is 364. The van der Waals surface area contributed by atoms with Gasteiger partial charge in [-0.15, -0.1) is 11.3 Å². The van der Waals surface area contributed by atoms with E-state index in [1.54, 1.807) is 0 Å². The molecule has 0 spiro atoms. The highest BCUT2D eigenvalue weighted by atomic mass is 32.1. The van der Waals surface area contributed by atoms with E-state index in [9.17, 15) is 0 Å². The summed E-state index contributed by atoms with van der Waals surface area (Å²) in [5, 5.41) is 8.80. The van der Waals surface area contributed by atoms with Gasteiger partial charge in [0.15, 0.2) is 0 Å². The van der Waals surface area contributed by atoms with Gasteiger partial charge in [-0.05, 0) is 17.9 Å². The lowest BCUT2D eigenvalue weighted by atomic mass is 9.92. The van der Waals surface area contributed by atoms with Crippen molar-refractivity contribution in [3.63, 3.8) is 0 Å². The predicted molar refractivity (Wildman–Crippen MR) is 56.9 cm³/mol. The van der Waals surface area contributed by atoms with Gasteiger partial charge in [-0.1, -0.05) is 20.8 Å². The first-order chi connectivity index (χ1) is 5.88. The van der Waals surface area contributed by atoms with Crippen molar-refractivity contribution in [2.45, 2.75) is 33.1 Å². The van der Waals surface area contributed by atoms with E-state index in [0.717, 1.165) is 5.56 Å². The second kappa shape index (κ2) is 3.04. The van der Waals surface area contributed by atoms with Crippen molar-refractivity contribution in [1.82, 2.24) is 0 Å². The first kappa shape index (κ1) is 10.1. The van der Waals surface area contributed by atoms with E-state index >= 15 is 0 Å². The third-order valence-electron chi connectivity index (χ3n) is 1.98. The van der Waals surface area contributed by atoms with Crippen LogP contribution in [0.4, 0.5) is 5.69 Å². The lowest BCUT2D eigenvalue weighted by Gasteiger charge is -2.17. The molecule has 0 fully saturated rings. The van der Waals surface area contributed by atoms with Crippen molar-refractivity contribution >= 4 is 17.0 Å². The molecule has 0 unspecified atom stereocenters. The fraction of sp³-hybridized carbons (Fsp3) is 0.500. The Morgan fingerprint density at radius 2 is 1.92 bits per heavy atom. The van der Waals surface area contributed by atoms with Gasteiger partial charge in [0, 0.05) is 4.88 Å². The average molecular weight is 194 g/mol. The average Bonchev–Trinajstić information content (AvgIpc) is 2.28. The number of thiophene rings is 1. The molecule has 1 rings (SSSR count). The monoisotopic (exact) mass is 194 g/mol. The molecule has 0 saturated heterocycles. The highest BCUT2D eigenvalue weighted by molar-refractivity contribution is 7.13. The fourth-order valence-corrected chi connectivity index (χ4v) is 2.41. The van der Waals surface area contributed by atoms with Gasteiger partial charge >= 0.3 is 0 Å². The molecule has 2 N–H and O–H groups in total. The fourth-order valence-electron chi connectivity index (χ4n) is 1.32. The molecule has 0 atom stereocenters.